The van der Waals surface area contributed by atoms with Crippen LogP contribution in [-0.2, 0) is 33.3 Å². The van der Waals surface area contributed by atoms with Gasteiger partial charge in [0.05, 0.1) is 0 Å². The number of hydrogen-bond acceptors (Lipinski definition) is 8. The van der Waals surface area contributed by atoms with Gasteiger partial charge in [-0.15, -0.1) is 0 Å². The van der Waals surface area contributed by atoms with Crippen molar-refractivity contribution >= 4 is 17.9 Å². The zero-order chi connectivity index (χ0) is 16.2. The molecule has 1 saturated heterocycles. The number of esters is 3. The number of aliphatic hydroxyl groups is 1. The first-order chi connectivity index (χ1) is 9.76. The topological polar surface area (TPSA) is 108 Å². The maximum atomic E-state index is 13.0. The summed E-state index contributed by atoms with van der Waals surface area (Å²) in [7, 11) is 0. The van der Waals surface area contributed by atoms with Crippen LogP contribution in [0.4, 0.5) is 4.39 Å². The number of carbonyl (C=O) groups excluding carboxylic acids is 3. The summed E-state index contributed by atoms with van der Waals surface area (Å²) in [5, 5.41) is 9.76. The van der Waals surface area contributed by atoms with Gasteiger partial charge >= 0.3 is 17.9 Å². The van der Waals surface area contributed by atoms with Crippen molar-refractivity contribution in [1.29, 1.82) is 0 Å². The third kappa shape index (κ3) is 4.64. The highest BCUT2D eigenvalue weighted by Gasteiger charge is 2.51. The lowest BCUT2D eigenvalue weighted by Gasteiger charge is -2.42. The molecule has 21 heavy (non-hydrogen) atoms. The summed E-state index contributed by atoms with van der Waals surface area (Å²) in [6.45, 7) is 2.12. The normalized spacial score (nSPS) is 32.1. The molecule has 0 spiro atoms. The minimum Gasteiger partial charge on any atom is -0.456 e. The van der Waals surface area contributed by atoms with Gasteiger partial charge in [0, 0.05) is 20.8 Å². The molecule has 1 aliphatic rings. The third-order valence-electron chi connectivity index (χ3n) is 2.67. The molecule has 1 heterocycles. The molecular weight excluding hydrogens is 291 g/mol. The summed E-state index contributed by atoms with van der Waals surface area (Å²) < 4.78 is 32.5. The van der Waals surface area contributed by atoms with E-state index in [1.165, 1.54) is 0 Å². The highest BCUT2D eigenvalue weighted by atomic mass is 19.1. The van der Waals surface area contributed by atoms with E-state index in [0.29, 0.717) is 0 Å². The maximum Gasteiger partial charge on any atom is 0.303 e. The number of aliphatic hydroxyl groups excluding tert-OH is 1. The predicted molar refractivity (Wildman–Crippen MR) is 63.5 cm³/mol. The van der Waals surface area contributed by atoms with Crippen LogP contribution in [0.25, 0.3) is 0 Å². The minimum absolute atomic E-state index is 0.767. The Hall–Kier alpha value is -1.74. The Labute approximate surface area is 120 Å². The van der Waals surface area contributed by atoms with E-state index in [0.717, 1.165) is 20.8 Å². The van der Waals surface area contributed by atoms with E-state index < -0.39 is 55.3 Å². The van der Waals surface area contributed by atoms with Crippen molar-refractivity contribution in [3.63, 3.8) is 0 Å². The van der Waals surface area contributed by atoms with Crippen LogP contribution in [0.5, 0.6) is 0 Å². The molecule has 5 atom stereocenters. The molecule has 8 nitrogen and oxygen atoms in total. The van der Waals surface area contributed by atoms with Gasteiger partial charge in [0.2, 0.25) is 0 Å². The zero-order valence-electron chi connectivity index (χ0n) is 11.8. The van der Waals surface area contributed by atoms with Crippen LogP contribution < -0.4 is 0 Å². The number of rotatable bonds is 4. The number of halogens is 1. The maximum absolute atomic E-state index is 13.0. The summed E-state index contributed by atoms with van der Waals surface area (Å²) in [6.07, 6.45) is -7.21. The van der Waals surface area contributed by atoms with Crippen molar-refractivity contribution in [2.45, 2.75) is 51.5 Å². The van der Waals surface area contributed by atoms with Gasteiger partial charge in [-0.3, -0.25) is 14.4 Å². The fourth-order valence-electron chi connectivity index (χ4n) is 2.00. The quantitative estimate of drug-likeness (QED) is 0.545. The van der Waals surface area contributed by atoms with E-state index in [1.807, 2.05) is 0 Å². The fraction of sp³-hybridized carbons (Fsp3) is 0.750. The lowest BCUT2D eigenvalue weighted by molar-refractivity contribution is -0.292. The predicted octanol–water partition coefficient (Wildman–Crippen LogP) is -0.532. The van der Waals surface area contributed by atoms with Crippen molar-refractivity contribution in [2.75, 3.05) is 6.67 Å². The summed E-state index contributed by atoms with van der Waals surface area (Å²) in [6, 6.07) is 0. The molecule has 120 valence electrons. The molecule has 1 rings (SSSR count). The number of alkyl halides is 1. The van der Waals surface area contributed by atoms with Crippen LogP contribution in [-0.4, -0.2) is 60.4 Å². The standard InChI is InChI=1S/C12H17FO8/c1-5(14)18-9-8(4-13)21-12(17)11(20-7(3)16)10(9)19-6(2)15/h8-12,17H,4H2,1-3H3/t8-,9+,10+,11-,12?/m1/s1. The number of carbonyl (C=O) groups is 3. The van der Waals surface area contributed by atoms with Crippen LogP contribution in [0, 0.1) is 0 Å². The van der Waals surface area contributed by atoms with Crippen LogP contribution in [0.1, 0.15) is 20.8 Å². The molecule has 1 unspecified atom stereocenters. The van der Waals surface area contributed by atoms with Gasteiger partial charge in [-0.25, -0.2) is 4.39 Å². The molecule has 1 N–H and O–H groups in total. The van der Waals surface area contributed by atoms with Crippen molar-refractivity contribution in [1.82, 2.24) is 0 Å². The van der Waals surface area contributed by atoms with Crippen LogP contribution in [0.3, 0.4) is 0 Å². The van der Waals surface area contributed by atoms with Gasteiger partial charge < -0.3 is 24.1 Å². The zero-order valence-corrected chi connectivity index (χ0v) is 11.8. The largest absolute Gasteiger partial charge is 0.456 e. The second-order valence-electron chi connectivity index (χ2n) is 4.44. The fourth-order valence-corrected chi connectivity index (χ4v) is 2.00. The minimum atomic E-state index is -1.72. The molecule has 9 heteroatoms. The Balaban J connectivity index is 3.08. The van der Waals surface area contributed by atoms with Crippen molar-refractivity contribution in [3.8, 4) is 0 Å². The molecule has 1 aliphatic heterocycles. The molecule has 0 aromatic heterocycles. The number of hydrogen-bond donors (Lipinski definition) is 1. The first kappa shape index (κ1) is 17.3. The molecule has 0 saturated carbocycles. The Morgan fingerprint density at radius 3 is 1.81 bits per heavy atom. The van der Waals surface area contributed by atoms with Gasteiger partial charge in [0.15, 0.2) is 24.6 Å². The molecule has 0 aromatic rings. The molecule has 0 bridgehead atoms. The average Bonchev–Trinajstić information content (AvgIpc) is 2.35. The summed E-state index contributed by atoms with van der Waals surface area (Å²) in [4.78, 5) is 33.3. The summed E-state index contributed by atoms with van der Waals surface area (Å²) in [5.41, 5.74) is 0. The summed E-state index contributed by atoms with van der Waals surface area (Å²) >= 11 is 0. The van der Waals surface area contributed by atoms with E-state index in [2.05, 4.69) is 0 Å². The Bertz CT molecular complexity index is 412. The smallest absolute Gasteiger partial charge is 0.303 e. The molecule has 0 aliphatic carbocycles. The molecule has 0 aromatic carbocycles. The SMILES string of the molecule is CC(=O)O[C@@H]1[C@H](OC(C)=O)[C@@H](OC(C)=O)C(O)O[C@@H]1CF. The van der Waals surface area contributed by atoms with E-state index >= 15 is 0 Å². The monoisotopic (exact) mass is 308 g/mol. The van der Waals surface area contributed by atoms with Crippen molar-refractivity contribution in [2.24, 2.45) is 0 Å². The van der Waals surface area contributed by atoms with Crippen LogP contribution in [0.15, 0.2) is 0 Å². The van der Waals surface area contributed by atoms with Gasteiger partial charge in [-0.2, -0.15) is 0 Å². The lowest BCUT2D eigenvalue weighted by Crippen LogP contribution is -2.61. The number of ether oxygens (including phenoxy) is 4. The van der Waals surface area contributed by atoms with Gasteiger partial charge in [-0.1, -0.05) is 0 Å². The Morgan fingerprint density at radius 2 is 1.38 bits per heavy atom. The molecule has 1 fully saturated rings. The van der Waals surface area contributed by atoms with E-state index in [9.17, 15) is 23.9 Å². The third-order valence-corrected chi connectivity index (χ3v) is 2.67. The van der Waals surface area contributed by atoms with Crippen molar-refractivity contribution in [3.05, 3.63) is 0 Å². The van der Waals surface area contributed by atoms with E-state index in [-0.39, 0.29) is 0 Å². The first-order valence-electron chi connectivity index (χ1n) is 6.17. The Morgan fingerprint density at radius 1 is 0.952 bits per heavy atom. The second-order valence-corrected chi connectivity index (χ2v) is 4.44. The lowest BCUT2D eigenvalue weighted by atomic mass is 9.98. The summed E-state index contributed by atoms with van der Waals surface area (Å²) in [5.74, 6) is -2.32. The molecular formula is C12H17FO8. The molecule has 0 radical (unpaired) electrons. The van der Waals surface area contributed by atoms with E-state index in [1.54, 1.807) is 0 Å². The highest BCUT2D eigenvalue weighted by Crippen LogP contribution is 2.28. The van der Waals surface area contributed by atoms with Crippen LogP contribution >= 0.6 is 0 Å². The van der Waals surface area contributed by atoms with Crippen LogP contribution in [0.2, 0.25) is 0 Å². The average molecular weight is 308 g/mol. The van der Waals surface area contributed by atoms with Gasteiger partial charge in [0.1, 0.15) is 12.8 Å². The second kappa shape index (κ2) is 7.32. The molecule has 0 amide bonds. The van der Waals surface area contributed by atoms with Gasteiger partial charge in [-0.05, 0) is 0 Å². The van der Waals surface area contributed by atoms with Crippen molar-refractivity contribution < 1.29 is 42.8 Å². The highest BCUT2D eigenvalue weighted by molar-refractivity contribution is 5.68. The Kier molecular flexibility index (Phi) is 6.03. The van der Waals surface area contributed by atoms with E-state index in [4.69, 9.17) is 18.9 Å². The van der Waals surface area contributed by atoms with Gasteiger partial charge in [0.25, 0.3) is 0 Å². The first-order valence-corrected chi connectivity index (χ1v) is 6.17.